The number of anilines is 2. The Kier molecular flexibility index (Phi) is 6.85. The van der Waals surface area contributed by atoms with Gasteiger partial charge in [0.2, 0.25) is 0 Å². The first-order valence-electron chi connectivity index (χ1n) is 10.3. The van der Waals surface area contributed by atoms with Crippen molar-refractivity contribution in [3.8, 4) is 0 Å². The molecule has 0 unspecified atom stereocenters. The summed E-state index contributed by atoms with van der Waals surface area (Å²) >= 11 is 0. The number of benzene rings is 2. The molecule has 0 saturated carbocycles. The third kappa shape index (κ3) is 5.47. The van der Waals surface area contributed by atoms with Crippen LogP contribution in [0.15, 0.2) is 54.9 Å². The van der Waals surface area contributed by atoms with E-state index in [1.807, 2.05) is 57.2 Å². The number of nitrogens with zero attached hydrogens (tertiary/aromatic N) is 2. The van der Waals surface area contributed by atoms with E-state index in [2.05, 4.69) is 20.6 Å². The van der Waals surface area contributed by atoms with E-state index in [4.69, 9.17) is 16.9 Å². The molecule has 8 nitrogen and oxygen atoms in total. The standard InChI is InChI=1S/C24H29N7O/c1-15-4-8-17(9-5-15)20(26)19-21(27)29-14-30-22(19)31-24(2,3)13-28-23(32)18-10-6-16(12-25)7-11-18/h4-11,14,26H,12-13,25H2,1-3H3,(H,28,32)(H3,27,29,30,31). The molecule has 1 aromatic heterocycles. The Morgan fingerprint density at radius 3 is 2.28 bits per heavy atom. The lowest BCUT2D eigenvalue weighted by atomic mass is 10.00. The smallest absolute Gasteiger partial charge is 0.251 e. The predicted octanol–water partition coefficient (Wildman–Crippen LogP) is 2.86. The Labute approximate surface area is 188 Å². The predicted molar refractivity (Wildman–Crippen MR) is 128 cm³/mol. The van der Waals surface area contributed by atoms with Crippen LogP contribution >= 0.6 is 0 Å². The quantitative estimate of drug-likeness (QED) is 0.347. The molecule has 7 N–H and O–H groups in total. The molecule has 32 heavy (non-hydrogen) atoms. The molecule has 0 bridgehead atoms. The second kappa shape index (κ2) is 9.57. The Morgan fingerprint density at radius 1 is 1.03 bits per heavy atom. The van der Waals surface area contributed by atoms with Gasteiger partial charge in [0, 0.05) is 24.2 Å². The van der Waals surface area contributed by atoms with Crippen LogP contribution in [0.1, 0.15) is 46.5 Å². The zero-order chi connectivity index (χ0) is 23.3. The molecule has 0 aliphatic carbocycles. The van der Waals surface area contributed by atoms with Crippen LogP contribution in [0.3, 0.4) is 0 Å². The number of nitrogen functional groups attached to an aromatic ring is 1. The maximum Gasteiger partial charge on any atom is 0.251 e. The molecule has 0 aliphatic rings. The zero-order valence-electron chi connectivity index (χ0n) is 18.6. The first kappa shape index (κ1) is 22.9. The maximum atomic E-state index is 12.5. The summed E-state index contributed by atoms with van der Waals surface area (Å²) in [4.78, 5) is 20.9. The summed E-state index contributed by atoms with van der Waals surface area (Å²) in [5.41, 5.74) is 15.2. The van der Waals surface area contributed by atoms with Crippen LogP contribution < -0.4 is 22.1 Å². The molecular weight excluding hydrogens is 402 g/mol. The van der Waals surface area contributed by atoms with Crippen molar-refractivity contribution >= 4 is 23.3 Å². The van der Waals surface area contributed by atoms with Crippen molar-refractivity contribution in [1.29, 1.82) is 5.41 Å². The Balaban J connectivity index is 1.75. The third-order valence-electron chi connectivity index (χ3n) is 5.07. The van der Waals surface area contributed by atoms with Gasteiger partial charge in [0.25, 0.3) is 5.91 Å². The Bertz CT molecular complexity index is 1110. The Morgan fingerprint density at radius 2 is 1.66 bits per heavy atom. The summed E-state index contributed by atoms with van der Waals surface area (Å²) in [6, 6.07) is 14.8. The average Bonchev–Trinajstić information content (AvgIpc) is 2.77. The lowest BCUT2D eigenvalue weighted by Gasteiger charge is -2.28. The van der Waals surface area contributed by atoms with E-state index >= 15 is 0 Å². The van der Waals surface area contributed by atoms with Crippen LogP contribution in [-0.4, -0.2) is 33.7 Å². The SMILES string of the molecule is Cc1ccc(C(=N)c2c(N)ncnc2NC(C)(C)CNC(=O)c2ccc(CN)cc2)cc1. The maximum absolute atomic E-state index is 12.5. The minimum absolute atomic E-state index is 0.182. The van der Waals surface area contributed by atoms with E-state index in [0.29, 0.717) is 35.6 Å². The zero-order valence-corrected chi connectivity index (χ0v) is 18.6. The Hall–Kier alpha value is -3.78. The second-order valence-corrected chi connectivity index (χ2v) is 8.32. The van der Waals surface area contributed by atoms with Crippen molar-refractivity contribution in [2.75, 3.05) is 17.6 Å². The number of aryl methyl sites for hydroxylation is 1. The van der Waals surface area contributed by atoms with E-state index in [9.17, 15) is 4.79 Å². The van der Waals surface area contributed by atoms with E-state index in [0.717, 1.165) is 11.1 Å². The summed E-state index contributed by atoms with van der Waals surface area (Å²) < 4.78 is 0. The molecule has 2 aromatic carbocycles. The molecule has 3 aromatic rings. The second-order valence-electron chi connectivity index (χ2n) is 8.32. The van der Waals surface area contributed by atoms with E-state index in [-0.39, 0.29) is 17.4 Å². The molecule has 0 fully saturated rings. The summed E-state index contributed by atoms with van der Waals surface area (Å²) in [5.74, 6) is 0.473. The third-order valence-corrected chi connectivity index (χ3v) is 5.07. The van der Waals surface area contributed by atoms with Gasteiger partial charge in [-0.15, -0.1) is 0 Å². The summed E-state index contributed by atoms with van der Waals surface area (Å²) in [6.07, 6.45) is 1.36. The van der Waals surface area contributed by atoms with Crippen molar-refractivity contribution in [1.82, 2.24) is 15.3 Å². The first-order valence-corrected chi connectivity index (χ1v) is 10.3. The highest BCUT2D eigenvalue weighted by Gasteiger charge is 2.24. The van der Waals surface area contributed by atoms with Crippen LogP contribution in [0, 0.1) is 12.3 Å². The van der Waals surface area contributed by atoms with Gasteiger partial charge in [-0.3, -0.25) is 10.2 Å². The molecule has 0 aliphatic heterocycles. The van der Waals surface area contributed by atoms with Gasteiger partial charge in [-0.2, -0.15) is 0 Å². The fourth-order valence-corrected chi connectivity index (χ4v) is 3.17. The number of hydrogen-bond acceptors (Lipinski definition) is 7. The van der Waals surface area contributed by atoms with Crippen LogP contribution in [0.25, 0.3) is 0 Å². The van der Waals surface area contributed by atoms with Gasteiger partial charge in [0.05, 0.1) is 16.8 Å². The van der Waals surface area contributed by atoms with E-state index in [1.54, 1.807) is 12.1 Å². The van der Waals surface area contributed by atoms with Crippen molar-refractivity contribution in [2.45, 2.75) is 32.9 Å². The molecule has 166 valence electrons. The van der Waals surface area contributed by atoms with Gasteiger partial charge < -0.3 is 22.1 Å². The molecule has 8 heteroatoms. The minimum atomic E-state index is -0.573. The van der Waals surface area contributed by atoms with Crippen molar-refractivity contribution in [3.05, 3.63) is 82.7 Å². The van der Waals surface area contributed by atoms with Gasteiger partial charge in [0.15, 0.2) is 0 Å². The van der Waals surface area contributed by atoms with Gasteiger partial charge >= 0.3 is 0 Å². The number of hydrogen-bond donors (Lipinski definition) is 5. The number of nitrogens with two attached hydrogens (primary N) is 2. The molecule has 1 heterocycles. The number of carbonyl (C=O) groups excluding carboxylic acids is 1. The molecule has 0 spiro atoms. The van der Waals surface area contributed by atoms with Crippen molar-refractivity contribution < 1.29 is 4.79 Å². The minimum Gasteiger partial charge on any atom is -0.383 e. The molecule has 0 saturated heterocycles. The molecule has 0 radical (unpaired) electrons. The van der Waals surface area contributed by atoms with Gasteiger partial charge in [-0.05, 0) is 38.5 Å². The summed E-state index contributed by atoms with van der Waals surface area (Å²) in [7, 11) is 0. The largest absolute Gasteiger partial charge is 0.383 e. The van der Waals surface area contributed by atoms with Crippen LogP contribution in [0.4, 0.5) is 11.6 Å². The molecule has 3 rings (SSSR count). The van der Waals surface area contributed by atoms with Gasteiger partial charge in [-0.1, -0.05) is 42.0 Å². The highest BCUT2D eigenvalue weighted by Crippen LogP contribution is 2.24. The summed E-state index contributed by atoms with van der Waals surface area (Å²) in [5, 5.41) is 14.9. The average molecular weight is 432 g/mol. The number of carbonyl (C=O) groups is 1. The van der Waals surface area contributed by atoms with Crippen LogP contribution in [0.5, 0.6) is 0 Å². The van der Waals surface area contributed by atoms with Crippen LogP contribution in [-0.2, 0) is 6.54 Å². The highest BCUT2D eigenvalue weighted by molar-refractivity contribution is 6.16. The van der Waals surface area contributed by atoms with E-state index < -0.39 is 5.54 Å². The molecule has 1 amide bonds. The molecular formula is C24H29N7O. The number of rotatable bonds is 8. The number of nitrogens with one attached hydrogen (secondary N) is 3. The lowest BCUT2D eigenvalue weighted by Crippen LogP contribution is -2.44. The topological polar surface area (TPSA) is 143 Å². The monoisotopic (exact) mass is 431 g/mol. The number of amides is 1. The molecule has 0 atom stereocenters. The van der Waals surface area contributed by atoms with Gasteiger partial charge in [-0.25, -0.2) is 9.97 Å². The fraction of sp³-hybridized carbons (Fsp3) is 0.250. The van der Waals surface area contributed by atoms with Crippen LogP contribution in [0.2, 0.25) is 0 Å². The first-order chi connectivity index (χ1) is 15.2. The lowest BCUT2D eigenvalue weighted by molar-refractivity contribution is 0.0947. The summed E-state index contributed by atoms with van der Waals surface area (Å²) in [6.45, 7) is 6.61. The van der Waals surface area contributed by atoms with Crippen molar-refractivity contribution in [3.63, 3.8) is 0 Å². The van der Waals surface area contributed by atoms with E-state index in [1.165, 1.54) is 6.33 Å². The van der Waals surface area contributed by atoms with Crippen molar-refractivity contribution in [2.24, 2.45) is 5.73 Å². The number of aromatic nitrogens is 2. The highest BCUT2D eigenvalue weighted by atomic mass is 16.1. The fourth-order valence-electron chi connectivity index (χ4n) is 3.17. The normalized spacial score (nSPS) is 11.1. The van der Waals surface area contributed by atoms with Gasteiger partial charge in [0.1, 0.15) is 18.0 Å².